The van der Waals surface area contributed by atoms with Crippen LogP contribution in [0.2, 0.25) is 0 Å². The largest absolute Gasteiger partial charge is 0.480 e. The second-order valence-electron chi connectivity index (χ2n) is 5.62. The minimum atomic E-state index is -1.11. The van der Waals surface area contributed by atoms with Crippen molar-refractivity contribution in [3.8, 4) is 0 Å². The lowest BCUT2D eigenvalue weighted by Crippen LogP contribution is -2.60. The predicted molar refractivity (Wildman–Crippen MR) is 68.8 cm³/mol. The Kier molecular flexibility index (Phi) is 4.42. The van der Waals surface area contributed by atoms with Crippen LogP contribution in [0.25, 0.3) is 0 Å². The minimum Gasteiger partial charge on any atom is -0.480 e. The van der Waals surface area contributed by atoms with Crippen molar-refractivity contribution in [1.82, 2.24) is 10.6 Å². The van der Waals surface area contributed by atoms with E-state index in [4.69, 9.17) is 4.74 Å². The van der Waals surface area contributed by atoms with Crippen LogP contribution in [0.1, 0.15) is 32.6 Å². The molecule has 1 saturated heterocycles. The van der Waals surface area contributed by atoms with Crippen molar-refractivity contribution in [1.29, 1.82) is 0 Å². The Labute approximate surface area is 112 Å². The van der Waals surface area contributed by atoms with Gasteiger partial charge in [0, 0.05) is 13.1 Å². The lowest BCUT2D eigenvalue weighted by atomic mass is 9.77. The molecule has 1 aliphatic heterocycles. The van der Waals surface area contributed by atoms with Gasteiger partial charge in [0.1, 0.15) is 11.6 Å². The van der Waals surface area contributed by atoms with Crippen molar-refractivity contribution in [3.63, 3.8) is 0 Å². The molecule has 6 nitrogen and oxygen atoms in total. The lowest BCUT2D eigenvalue weighted by Gasteiger charge is -2.37. The maximum Gasteiger partial charge on any atom is 0.329 e. The van der Waals surface area contributed by atoms with Gasteiger partial charge < -0.3 is 20.5 Å². The molecule has 2 fully saturated rings. The number of hydrogen-bond acceptors (Lipinski definition) is 4. The van der Waals surface area contributed by atoms with Gasteiger partial charge in [-0.3, -0.25) is 4.79 Å². The van der Waals surface area contributed by atoms with Crippen LogP contribution < -0.4 is 10.6 Å². The van der Waals surface area contributed by atoms with Crippen LogP contribution in [0.5, 0.6) is 0 Å². The van der Waals surface area contributed by atoms with E-state index in [2.05, 4.69) is 17.6 Å². The number of carboxylic acids is 1. The number of rotatable bonds is 3. The van der Waals surface area contributed by atoms with Gasteiger partial charge in [-0.15, -0.1) is 0 Å². The summed E-state index contributed by atoms with van der Waals surface area (Å²) in [6.45, 7) is 3.76. The highest BCUT2D eigenvalue weighted by molar-refractivity contribution is 5.89. The summed E-state index contributed by atoms with van der Waals surface area (Å²) in [5.41, 5.74) is -1.11. The van der Waals surface area contributed by atoms with Crippen LogP contribution in [0, 0.1) is 5.92 Å². The van der Waals surface area contributed by atoms with Crippen LogP contribution in [0.4, 0.5) is 0 Å². The van der Waals surface area contributed by atoms with Gasteiger partial charge >= 0.3 is 5.97 Å². The maximum atomic E-state index is 12.1. The molecule has 3 N–H and O–H groups in total. The predicted octanol–water partition coefficient (Wildman–Crippen LogP) is 0.125. The Balaban J connectivity index is 2.00. The van der Waals surface area contributed by atoms with Crippen molar-refractivity contribution in [2.45, 2.75) is 44.2 Å². The average molecular weight is 270 g/mol. The molecule has 1 unspecified atom stereocenters. The summed E-state index contributed by atoms with van der Waals surface area (Å²) in [5.74, 6) is -0.724. The molecule has 1 atom stereocenters. The van der Waals surface area contributed by atoms with Crippen molar-refractivity contribution < 1.29 is 19.4 Å². The van der Waals surface area contributed by atoms with Gasteiger partial charge in [0.25, 0.3) is 5.91 Å². The number of aliphatic carboxylic acids is 1. The normalized spacial score (nSPS) is 35.6. The quantitative estimate of drug-likeness (QED) is 0.678. The average Bonchev–Trinajstić information content (AvgIpc) is 2.42. The molecule has 1 heterocycles. The summed E-state index contributed by atoms with van der Waals surface area (Å²) in [6.07, 6.45) is 2.07. The molecule has 0 spiro atoms. The summed E-state index contributed by atoms with van der Waals surface area (Å²) in [4.78, 5) is 23.6. The first-order valence-corrected chi connectivity index (χ1v) is 6.91. The van der Waals surface area contributed by atoms with Crippen molar-refractivity contribution in [2.24, 2.45) is 5.92 Å². The summed E-state index contributed by atoms with van der Waals surface area (Å²) in [7, 11) is 0. The fourth-order valence-corrected chi connectivity index (χ4v) is 2.70. The van der Waals surface area contributed by atoms with Crippen LogP contribution in [0.15, 0.2) is 0 Å². The zero-order valence-electron chi connectivity index (χ0n) is 11.3. The van der Waals surface area contributed by atoms with E-state index < -0.39 is 17.6 Å². The Bertz CT molecular complexity index is 345. The number of amides is 1. The first-order chi connectivity index (χ1) is 9.03. The first-order valence-electron chi connectivity index (χ1n) is 6.91. The van der Waals surface area contributed by atoms with E-state index in [9.17, 15) is 14.7 Å². The van der Waals surface area contributed by atoms with Crippen LogP contribution in [-0.2, 0) is 14.3 Å². The third-order valence-electron chi connectivity index (χ3n) is 4.12. The smallest absolute Gasteiger partial charge is 0.329 e. The molecule has 0 aromatic carbocycles. The van der Waals surface area contributed by atoms with Crippen LogP contribution in [0.3, 0.4) is 0 Å². The zero-order chi connectivity index (χ0) is 13.9. The monoisotopic (exact) mass is 270 g/mol. The van der Waals surface area contributed by atoms with E-state index in [1.165, 1.54) is 0 Å². The highest BCUT2D eigenvalue weighted by atomic mass is 16.5. The number of ether oxygens (including phenoxy) is 1. The van der Waals surface area contributed by atoms with E-state index in [0.717, 1.165) is 19.4 Å². The number of carboxylic acid groups (broad SMARTS) is 1. The molecule has 2 rings (SSSR count). The molecule has 1 amide bonds. The molecule has 6 heteroatoms. The third kappa shape index (κ3) is 3.25. The topological polar surface area (TPSA) is 87.7 Å². The van der Waals surface area contributed by atoms with Gasteiger partial charge in [-0.2, -0.15) is 0 Å². The molecule has 2 aliphatic rings. The Morgan fingerprint density at radius 2 is 2.05 bits per heavy atom. The van der Waals surface area contributed by atoms with Gasteiger partial charge in [0.05, 0.1) is 6.61 Å². The van der Waals surface area contributed by atoms with Crippen LogP contribution in [-0.4, -0.2) is 48.3 Å². The minimum absolute atomic E-state index is 0.316. The second-order valence-corrected chi connectivity index (χ2v) is 5.62. The fourth-order valence-electron chi connectivity index (χ4n) is 2.70. The molecular weight excluding hydrogens is 248 g/mol. The van der Waals surface area contributed by atoms with Gasteiger partial charge in [0.15, 0.2) is 0 Å². The van der Waals surface area contributed by atoms with Gasteiger partial charge in [0.2, 0.25) is 0 Å². The molecule has 0 aromatic heterocycles. The molecule has 108 valence electrons. The molecule has 0 aromatic rings. The first kappa shape index (κ1) is 14.3. The van der Waals surface area contributed by atoms with Gasteiger partial charge in [-0.05, 0) is 31.6 Å². The summed E-state index contributed by atoms with van der Waals surface area (Å²) in [6, 6.07) is 0. The lowest BCUT2D eigenvalue weighted by molar-refractivity contribution is -0.152. The molecule has 1 aliphatic carbocycles. The van der Waals surface area contributed by atoms with Crippen molar-refractivity contribution >= 4 is 11.9 Å². The van der Waals surface area contributed by atoms with E-state index in [1.54, 1.807) is 0 Å². The zero-order valence-corrected chi connectivity index (χ0v) is 11.3. The van der Waals surface area contributed by atoms with Gasteiger partial charge in [-0.1, -0.05) is 6.92 Å². The molecule has 0 bridgehead atoms. The number of carbonyl (C=O) groups is 2. The highest BCUT2D eigenvalue weighted by Crippen LogP contribution is 2.32. The van der Waals surface area contributed by atoms with Crippen molar-refractivity contribution in [2.75, 3.05) is 19.7 Å². The SMILES string of the molecule is CC1CCC(NC(=O)C2CNCCO2)(C(=O)O)CC1. The maximum absolute atomic E-state index is 12.1. The molecule has 1 saturated carbocycles. The summed E-state index contributed by atoms with van der Waals surface area (Å²) in [5, 5.41) is 15.2. The standard InChI is InChI=1S/C13H22N2O4/c1-9-2-4-13(5-3-9,12(17)18)15-11(16)10-8-14-6-7-19-10/h9-10,14H,2-8H2,1H3,(H,15,16)(H,17,18). The summed E-state index contributed by atoms with van der Waals surface area (Å²) < 4.78 is 5.36. The molecular formula is C13H22N2O4. The molecule has 0 radical (unpaired) electrons. The van der Waals surface area contributed by atoms with E-state index in [-0.39, 0.29) is 5.91 Å². The number of morpholine rings is 1. The second kappa shape index (κ2) is 5.88. The van der Waals surface area contributed by atoms with E-state index in [1.807, 2.05) is 0 Å². The van der Waals surface area contributed by atoms with E-state index >= 15 is 0 Å². The summed E-state index contributed by atoms with van der Waals surface area (Å²) >= 11 is 0. The number of nitrogens with one attached hydrogen (secondary N) is 2. The third-order valence-corrected chi connectivity index (χ3v) is 4.12. The number of carbonyl (C=O) groups excluding carboxylic acids is 1. The Morgan fingerprint density at radius 1 is 1.37 bits per heavy atom. The van der Waals surface area contributed by atoms with Crippen molar-refractivity contribution in [3.05, 3.63) is 0 Å². The highest BCUT2D eigenvalue weighted by Gasteiger charge is 2.43. The van der Waals surface area contributed by atoms with Crippen LogP contribution >= 0.6 is 0 Å². The fraction of sp³-hybridized carbons (Fsp3) is 0.846. The number of hydrogen-bond donors (Lipinski definition) is 3. The van der Waals surface area contributed by atoms with Gasteiger partial charge in [-0.25, -0.2) is 4.79 Å². The Hall–Kier alpha value is -1.14. The van der Waals surface area contributed by atoms with E-state index in [0.29, 0.717) is 31.9 Å². The molecule has 19 heavy (non-hydrogen) atoms. The Morgan fingerprint density at radius 3 is 2.58 bits per heavy atom.